The summed E-state index contributed by atoms with van der Waals surface area (Å²) in [6.45, 7) is 5.75. The maximum absolute atomic E-state index is 9.27. The van der Waals surface area contributed by atoms with Gasteiger partial charge in [0.2, 0.25) is 0 Å². The van der Waals surface area contributed by atoms with Crippen LogP contribution in [0.5, 0.6) is 11.5 Å². The van der Waals surface area contributed by atoms with Gasteiger partial charge in [-0.05, 0) is 37.1 Å². The van der Waals surface area contributed by atoms with Crippen LogP contribution in [0.4, 0.5) is 0 Å². The molecule has 0 saturated carbocycles. The van der Waals surface area contributed by atoms with Crippen molar-refractivity contribution in [2.75, 3.05) is 13.2 Å². The van der Waals surface area contributed by atoms with Crippen molar-refractivity contribution in [3.63, 3.8) is 0 Å². The zero-order valence-corrected chi connectivity index (χ0v) is 16.8. The van der Waals surface area contributed by atoms with Gasteiger partial charge in [0, 0.05) is 23.2 Å². The van der Waals surface area contributed by atoms with E-state index in [1.54, 1.807) is 0 Å². The predicted molar refractivity (Wildman–Crippen MR) is 109 cm³/mol. The third kappa shape index (κ3) is 6.69. The lowest BCUT2D eigenvalue weighted by molar-refractivity contribution is 0.238. The molecule has 6 heteroatoms. The van der Waals surface area contributed by atoms with Gasteiger partial charge in [-0.3, -0.25) is 0 Å². The SMILES string of the molecule is CCOc1cc(CNC(CC)CO)ccc1OCc1ccccc1Cl.Cl. The largest absolute Gasteiger partial charge is 0.490 e. The molecule has 26 heavy (non-hydrogen) atoms. The Morgan fingerprint density at radius 1 is 1.08 bits per heavy atom. The molecule has 4 nitrogen and oxygen atoms in total. The lowest BCUT2D eigenvalue weighted by Gasteiger charge is -2.16. The standard InChI is InChI=1S/C20H26ClNO3.ClH/c1-3-17(13-23)22-12-15-9-10-19(20(11-15)24-4-2)25-14-16-7-5-6-8-18(16)21;/h5-11,17,22-23H,3-4,12-14H2,1-2H3;1H. The quantitative estimate of drug-likeness (QED) is 0.612. The third-order valence-corrected chi connectivity index (χ3v) is 4.33. The van der Waals surface area contributed by atoms with Crippen LogP contribution in [0, 0.1) is 0 Å². The van der Waals surface area contributed by atoms with Crippen molar-refractivity contribution in [3.05, 3.63) is 58.6 Å². The molecule has 2 N–H and O–H groups in total. The first-order valence-electron chi connectivity index (χ1n) is 8.64. The van der Waals surface area contributed by atoms with E-state index in [-0.39, 0.29) is 25.1 Å². The number of aliphatic hydroxyl groups is 1. The molecule has 1 unspecified atom stereocenters. The minimum absolute atomic E-state index is 0. The molecular formula is C20H27Cl2NO3. The number of rotatable bonds is 10. The van der Waals surface area contributed by atoms with Gasteiger partial charge in [0.25, 0.3) is 0 Å². The summed E-state index contributed by atoms with van der Waals surface area (Å²) in [7, 11) is 0. The fraction of sp³-hybridized carbons (Fsp3) is 0.400. The van der Waals surface area contributed by atoms with E-state index >= 15 is 0 Å². The van der Waals surface area contributed by atoms with Gasteiger partial charge < -0.3 is 19.9 Å². The molecule has 144 valence electrons. The number of benzene rings is 2. The van der Waals surface area contributed by atoms with Crippen LogP contribution in [0.1, 0.15) is 31.4 Å². The van der Waals surface area contributed by atoms with Crippen molar-refractivity contribution in [1.29, 1.82) is 0 Å². The zero-order valence-electron chi connectivity index (χ0n) is 15.2. The minimum Gasteiger partial charge on any atom is -0.490 e. The van der Waals surface area contributed by atoms with Gasteiger partial charge in [0.1, 0.15) is 6.61 Å². The zero-order chi connectivity index (χ0) is 18.1. The summed E-state index contributed by atoms with van der Waals surface area (Å²) in [4.78, 5) is 0. The molecule has 0 saturated heterocycles. The Kier molecular flexibility index (Phi) is 10.4. The average molecular weight is 400 g/mol. The maximum Gasteiger partial charge on any atom is 0.161 e. The Hall–Kier alpha value is -1.46. The molecule has 0 fully saturated rings. The van der Waals surface area contributed by atoms with Crippen LogP contribution in [0.2, 0.25) is 5.02 Å². The highest BCUT2D eigenvalue weighted by atomic mass is 35.5. The van der Waals surface area contributed by atoms with Crippen LogP contribution in [-0.2, 0) is 13.2 Å². The summed E-state index contributed by atoms with van der Waals surface area (Å²) in [5.41, 5.74) is 2.02. The molecule has 0 aromatic heterocycles. The predicted octanol–water partition coefficient (Wildman–Crippen LogP) is 4.60. The molecule has 0 aliphatic heterocycles. The van der Waals surface area contributed by atoms with Gasteiger partial charge in [0.05, 0.1) is 13.2 Å². The Balaban J connectivity index is 0.00000338. The molecule has 2 aromatic rings. The molecule has 2 aromatic carbocycles. The van der Waals surface area contributed by atoms with Crippen molar-refractivity contribution in [2.45, 2.75) is 39.5 Å². The molecule has 0 bridgehead atoms. The third-order valence-electron chi connectivity index (χ3n) is 3.96. The van der Waals surface area contributed by atoms with Crippen molar-refractivity contribution < 1.29 is 14.6 Å². The monoisotopic (exact) mass is 399 g/mol. The maximum atomic E-state index is 9.27. The highest BCUT2D eigenvalue weighted by molar-refractivity contribution is 6.31. The first-order chi connectivity index (χ1) is 12.2. The van der Waals surface area contributed by atoms with Gasteiger partial charge in [-0.15, -0.1) is 12.4 Å². The molecule has 0 radical (unpaired) electrons. The molecule has 0 spiro atoms. The fourth-order valence-corrected chi connectivity index (χ4v) is 2.61. The smallest absolute Gasteiger partial charge is 0.161 e. The fourth-order valence-electron chi connectivity index (χ4n) is 2.42. The topological polar surface area (TPSA) is 50.7 Å². The Morgan fingerprint density at radius 2 is 1.85 bits per heavy atom. The first-order valence-corrected chi connectivity index (χ1v) is 9.01. The molecule has 0 aliphatic carbocycles. The van der Waals surface area contributed by atoms with Gasteiger partial charge in [-0.2, -0.15) is 0 Å². The van der Waals surface area contributed by atoms with E-state index in [0.717, 1.165) is 17.5 Å². The summed E-state index contributed by atoms with van der Waals surface area (Å²) in [6, 6.07) is 13.6. The van der Waals surface area contributed by atoms with Crippen molar-refractivity contribution in [3.8, 4) is 11.5 Å². The lowest BCUT2D eigenvalue weighted by Crippen LogP contribution is -2.31. The van der Waals surface area contributed by atoms with Crippen molar-refractivity contribution in [2.24, 2.45) is 0 Å². The lowest BCUT2D eigenvalue weighted by atomic mass is 10.1. The second kappa shape index (κ2) is 12.0. The highest BCUT2D eigenvalue weighted by Gasteiger charge is 2.09. The summed E-state index contributed by atoms with van der Waals surface area (Å²) in [5.74, 6) is 1.41. The van der Waals surface area contributed by atoms with Crippen LogP contribution in [-0.4, -0.2) is 24.4 Å². The summed E-state index contributed by atoms with van der Waals surface area (Å²) in [5, 5.41) is 13.3. The Labute approximate surface area is 166 Å². The molecule has 0 heterocycles. The number of aliphatic hydroxyl groups excluding tert-OH is 1. The van der Waals surface area contributed by atoms with Gasteiger partial charge in [-0.25, -0.2) is 0 Å². The van der Waals surface area contributed by atoms with Crippen LogP contribution in [0.3, 0.4) is 0 Å². The van der Waals surface area contributed by atoms with Crippen molar-refractivity contribution in [1.82, 2.24) is 5.32 Å². The highest BCUT2D eigenvalue weighted by Crippen LogP contribution is 2.30. The molecular weight excluding hydrogens is 373 g/mol. The number of hydrogen-bond acceptors (Lipinski definition) is 4. The molecule has 1 atom stereocenters. The van der Waals surface area contributed by atoms with Crippen LogP contribution in [0.25, 0.3) is 0 Å². The van der Waals surface area contributed by atoms with E-state index in [0.29, 0.717) is 36.3 Å². The van der Waals surface area contributed by atoms with E-state index in [2.05, 4.69) is 5.32 Å². The molecule has 0 amide bonds. The van der Waals surface area contributed by atoms with E-state index in [1.165, 1.54) is 0 Å². The second-order valence-corrected chi connectivity index (χ2v) is 6.17. The summed E-state index contributed by atoms with van der Waals surface area (Å²) < 4.78 is 11.6. The van der Waals surface area contributed by atoms with Crippen LogP contribution < -0.4 is 14.8 Å². The Morgan fingerprint density at radius 3 is 2.50 bits per heavy atom. The number of halogens is 2. The number of hydrogen-bond donors (Lipinski definition) is 2. The molecule has 2 rings (SSSR count). The first kappa shape index (κ1) is 22.6. The van der Waals surface area contributed by atoms with Crippen molar-refractivity contribution >= 4 is 24.0 Å². The summed E-state index contributed by atoms with van der Waals surface area (Å²) >= 11 is 6.18. The minimum atomic E-state index is 0. The van der Waals surface area contributed by atoms with Gasteiger partial charge in [0.15, 0.2) is 11.5 Å². The second-order valence-electron chi connectivity index (χ2n) is 5.76. The van der Waals surface area contributed by atoms with E-state index in [9.17, 15) is 5.11 Å². The van der Waals surface area contributed by atoms with Gasteiger partial charge in [-0.1, -0.05) is 42.8 Å². The Bertz CT molecular complexity index is 663. The molecule has 0 aliphatic rings. The van der Waals surface area contributed by atoms with Gasteiger partial charge >= 0.3 is 0 Å². The van der Waals surface area contributed by atoms with E-state index in [1.807, 2.05) is 56.3 Å². The number of ether oxygens (including phenoxy) is 2. The van der Waals surface area contributed by atoms with E-state index in [4.69, 9.17) is 21.1 Å². The average Bonchev–Trinajstić information content (AvgIpc) is 2.63. The summed E-state index contributed by atoms with van der Waals surface area (Å²) in [6.07, 6.45) is 0.883. The van der Waals surface area contributed by atoms with Crippen LogP contribution in [0.15, 0.2) is 42.5 Å². The normalized spacial score (nSPS) is 11.5. The number of nitrogens with one attached hydrogen (secondary N) is 1. The van der Waals surface area contributed by atoms with E-state index < -0.39 is 0 Å². The van der Waals surface area contributed by atoms with Crippen LogP contribution >= 0.6 is 24.0 Å².